The Morgan fingerprint density at radius 2 is 1.70 bits per heavy atom. The Labute approximate surface area is 194 Å². The van der Waals surface area contributed by atoms with E-state index in [9.17, 15) is 27.6 Å². The number of alkyl halides is 3. The van der Waals surface area contributed by atoms with Gasteiger partial charge in [-0.05, 0) is 35.6 Å². The predicted molar refractivity (Wildman–Crippen MR) is 118 cm³/mol. The number of benzene rings is 2. The minimum Gasteiger partial charge on any atom is -0.323 e. The first kappa shape index (κ1) is 24.6. The third kappa shape index (κ3) is 4.83. The molecule has 1 aliphatic heterocycles. The molecular weight excluding hydrogens is 459 g/mol. The average Bonchev–Trinajstić information content (AvgIpc) is 2.92. The van der Waals surface area contributed by atoms with Gasteiger partial charge in [0.15, 0.2) is 0 Å². The Hall–Kier alpha value is -3.07. The van der Waals surface area contributed by atoms with Gasteiger partial charge in [-0.2, -0.15) is 13.2 Å². The molecular formula is C23H23ClF3N3O3. The van der Waals surface area contributed by atoms with Gasteiger partial charge in [-0.25, -0.2) is 4.79 Å². The van der Waals surface area contributed by atoms with Crippen molar-refractivity contribution < 1.29 is 27.6 Å². The van der Waals surface area contributed by atoms with Gasteiger partial charge in [0.1, 0.15) is 12.1 Å². The van der Waals surface area contributed by atoms with Gasteiger partial charge in [0.2, 0.25) is 5.91 Å². The molecule has 2 aromatic carbocycles. The van der Waals surface area contributed by atoms with E-state index >= 15 is 0 Å². The number of para-hydroxylation sites is 1. The summed E-state index contributed by atoms with van der Waals surface area (Å²) in [6.45, 7) is 6.84. The number of carbonyl (C=O) groups excluding carboxylic acids is 3. The van der Waals surface area contributed by atoms with E-state index in [1.54, 1.807) is 12.1 Å². The van der Waals surface area contributed by atoms with E-state index in [4.69, 9.17) is 11.6 Å². The van der Waals surface area contributed by atoms with Crippen molar-refractivity contribution in [3.05, 3.63) is 64.2 Å². The topological polar surface area (TPSA) is 78.5 Å². The van der Waals surface area contributed by atoms with Crippen LogP contribution in [0.5, 0.6) is 0 Å². The van der Waals surface area contributed by atoms with E-state index < -0.39 is 47.4 Å². The first-order valence-corrected chi connectivity index (χ1v) is 10.4. The van der Waals surface area contributed by atoms with Crippen molar-refractivity contribution in [3.63, 3.8) is 0 Å². The molecule has 0 saturated carbocycles. The molecule has 1 saturated heterocycles. The van der Waals surface area contributed by atoms with Crippen LogP contribution < -0.4 is 10.6 Å². The van der Waals surface area contributed by atoms with Crippen LogP contribution in [0.3, 0.4) is 0 Å². The monoisotopic (exact) mass is 481 g/mol. The molecule has 10 heteroatoms. The van der Waals surface area contributed by atoms with Crippen LogP contribution in [0.25, 0.3) is 0 Å². The van der Waals surface area contributed by atoms with Crippen LogP contribution >= 0.6 is 11.6 Å². The van der Waals surface area contributed by atoms with Gasteiger partial charge in [0.25, 0.3) is 5.91 Å². The Kier molecular flexibility index (Phi) is 6.23. The highest BCUT2D eigenvalue weighted by atomic mass is 35.5. The fraction of sp³-hybridized carbons (Fsp3) is 0.348. The molecule has 0 bridgehead atoms. The Bertz CT molecular complexity index is 1110. The molecule has 6 nitrogen and oxygen atoms in total. The summed E-state index contributed by atoms with van der Waals surface area (Å²) in [5.74, 6) is -1.69. The molecule has 176 valence electrons. The highest BCUT2D eigenvalue weighted by Gasteiger charge is 2.49. The summed E-state index contributed by atoms with van der Waals surface area (Å²) in [4.78, 5) is 38.7. The van der Waals surface area contributed by atoms with Gasteiger partial charge in [-0.1, -0.05) is 62.7 Å². The van der Waals surface area contributed by atoms with E-state index in [-0.39, 0.29) is 10.4 Å². The van der Waals surface area contributed by atoms with Gasteiger partial charge in [0, 0.05) is 0 Å². The van der Waals surface area contributed by atoms with Crippen molar-refractivity contribution in [1.82, 2.24) is 10.2 Å². The van der Waals surface area contributed by atoms with Crippen LogP contribution in [0.1, 0.15) is 44.4 Å². The molecule has 4 amide bonds. The third-order valence-electron chi connectivity index (χ3n) is 5.49. The number of carbonyl (C=O) groups is 3. The van der Waals surface area contributed by atoms with Crippen molar-refractivity contribution in [2.45, 2.75) is 44.8 Å². The predicted octanol–water partition coefficient (Wildman–Crippen LogP) is 5.06. The normalized spacial score (nSPS) is 19.0. The number of halogens is 4. The molecule has 1 atom stereocenters. The highest BCUT2D eigenvalue weighted by molar-refractivity contribution is 6.34. The lowest BCUT2D eigenvalue weighted by molar-refractivity contribution is -0.137. The van der Waals surface area contributed by atoms with Gasteiger partial charge < -0.3 is 10.6 Å². The fourth-order valence-corrected chi connectivity index (χ4v) is 3.77. The summed E-state index contributed by atoms with van der Waals surface area (Å²) in [7, 11) is 0. The molecule has 2 N–H and O–H groups in total. The van der Waals surface area contributed by atoms with Crippen LogP contribution in [0.4, 0.5) is 23.7 Å². The van der Waals surface area contributed by atoms with Crippen LogP contribution in [0, 0.1) is 0 Å². The van der Waals surface area contributed by atoms with Crippen molar-refractivity contribution in [2.75, 3.05) is 11.9 Å². The smallest absolute Gasteiger partial charge is 0.323 e. The van der Waals surface area contributed by atoms with Crippen LogP contribution in [0.2, 0.25) is 5.02 Å². The molecule has 0 radical (unpaired) electrons. The van der Waals surface area contributed by atoms with E-state index in [1.165, 1.54) is 13.0 Å². The molecule has 33 heavy (non-hydrogen) atoms. The van der Waals surface area contributed by atoms with Gasteiger partial charge in [-0.3, -0.25) is 14.5 Å². The maximum atomic E-state index is 13.3. The number of nitrogens with zero attached hydrogens (tertiary/aromatic N) is 1. The van der Waals surface area contributed by atoms with Gasteiger partial charge >= 0.3 is 12.2 Å². The van der Waals surface area contributed by atoms with E-state index in [1.807, 2.05) is 32.9 Å². The Morgan fingerprint density at radius 3 is 2.24 bits per heavy atom. The lowest BCUT2D eigenvalue weighted by Gasteiger charge is -2.24. The molecule has 1 aliphatic rings. The van der Waals surface area contributed by atoms with Crippen molar-refractivity contribution in [3.8, 4) is 0 Å². The lowest BCUT2D eigenvalue weighted by Crippen LogP contribution is -2.42. The first-order valence-electron chi connectivity index (χ1n) is 10.1. The maximum absolute atomic E-state index is 13.3. The zero-order valence-electron chi connectivity index (χ0n) is 18.4. The number of imide groups is 1. The second-order valence-corrected chi connectivity index (χ2v) is 9.39. The molecule has 1 heterocycles. The fourth-order valence-electron chi connectivity index (χ4n) is 3.55. The maximum Gasteiger partial charge on any atom is 0.418 e. The van der Waals surface area contributed by atoms with E-state index in [2.05, 4.69) is 10.6 Å². The van der Waals surface area contributed by atoms with Gasteiger partial charge in [-0.15, -0.1) is 0 Å². The van der Waals surface area contributed by atoms with Crippen LogP contribution in [-0.4, -0.2) is 29.3 Å². The molecule has 0 aliphatic carbocycles. The zero-order valence-corrected chi connectivity index (χ0v) is 19.2. The average molecular weight is 482 g/mol. The molecule has 3 rings (SSSR count). The van der Waals surface area contributed by atoms with Crippen LogP contribution in [0.15, 0.2) is 42.5 Å². The van der Waals surface area contributed by atoms with Crippen LogP contribution in [-0.2, 0) is 26.7 Å². The largest absolute Gasteiger partial charge is 0.418 e. The first-order chi connectivity index (χ1) is 15.1. The number of hydrogen-bond acceptors (Lipinski definition) is 3. The summed E-state index contributed by atoms with van der Waals surface area (Å²) in [5, 5.41) is 4.33. The summed E-state index contributed by atoms with van der Waals surface area (Å²) in [6, 6.07) is 9.40. The third-order valence-corrected chi connectivity index (χ3v) is 5.80. The van der Waals surface area contributed by atoms with Crippen molar-refractivity contribution in [1.29, 1.82) is 0 Å². The summed E-state index contributed by atoms with van der Waals surface area (Å²) < 4.78 is 39.8. The molecule has 1 unspecified atom stereocenters. The van der Waals surface area contributed by atoms with E-state index in [0.717, 1.165) is 17.7 Å². The second-order valence-electron chi connectivity index (χ2n) is 8.98. The second kappa shape index (κ2) is 8.37. The number of amides is 4. The standard InChI is InChI=1S/C23H23ClF3N3O3/c1-21(2,3)13-8-10-14(11-9-13)22(4)19(32)30(20(33)29-22)12-17(31)28-18-15(23(25,26)27)6-5-7-16(18)24/h5-11H,12H2,1-4H3,(H,28,31)(H,29,33). The molecule has 0 spiro atoms. The number of urea groups is 1. The number of hydrogen-bond donors (Lipinski definition) is 2. The number of nitrogens with one attached hydrogen (secondary N) is 2. The zero-order chi connectivity index (χ0) is 24.8. The van der Waals surface area contributed by atoms with E-state index in [0.29, 0.717) is 10.5 Å². The lowest BCUT2D eigenvalue weighted by atomic mass is 9.84. The number of anilines is 1. The Morgan fingerprint density at radius 1 is 1.09 bits per heavy atom. The minimum atomic E-state index is -4.76. The number of rotatable bonds is 4. The quantitative estimate of drug-likeness (QED) is 0.599. The van der Waals surface area contributed by atoms with Crippen molar-refractivity contribution >= 4 is 35.1 Å². The molecule has 1 fully saturated rings. The highest BCUT2D eigenvalue weighted by Crippen LogP contribution is 2.38. The summed E-state index contributed by atoms with van der Waals surface area (Å²) in [6.07, 6.45) is -4.76. The molecule has 2 aromatic rings. The Balaban J connectivity index is 1.80. The summed E-state index contributed by atoms with van der Waals surface area (Å²) in [5.41, 5.74) is -1.76. The SMILES string of the molecule is CC(C)(C)c1ccc(C2(C)NC(=O)N(CC(=O)Nc3c(Cl)cccc3C(F)(F)F)C2=O)cc1. The molecule has 0 aromatic heterocycles. The van der Waals surface area contributed by atoms with Gasteiger partial charge in [0.05, 0.1) is 16.3 Å². The minimum absolute atomic E-state index is 0.111. The summed E-state index contributed by atoms with van der Waals surface area (Å²) >= 11 is 5.85. The van der Waals surface area contributed by atoms with Crippen molar-refractivity contribution in [2.24, 2.45) is 0 Å².